The van der Waals surface area contributed by atoms with Crippen molar-refractivity contribution in [2.75, 3.05) is 16.4 Å². The van der Waals surface area contributed by atoms with Crippen LogP contribution in [0.3, 0.4) is 0 Å². The van der Waals surface area contributed by atoms with Crippen LogP contribution in [0.2, 0.25) is 0 Å². The van der Waals surface area contributed by atoms with E-state index in [0.29, 0.717) is 22.6 Å². The van der Waals surface area contributed by atoms with Gasteiger partial charge in [-0.2, -0.15) is 0 Å². The molecule has 0 fully saturated rings. The normalized spacial score (nSPS) is 10.9. The minimum absolute atomic E-state index is 0.00453. The molecule has 0 spiro atoms. The second kappa shape index (κ2) is 13.0. The fourth-order valence-electron chi connectivity index (χ4n) is 3.27. The fraction of sp³-hybridized carbons (Fsp3) is 0.0345. The third-order valence-electron chi connectivity index (χ3n) is 5.12. The molecule has 0 saturated carbocycles. The van der Waals surface area contributed by atoms with Gasteiger partial charge in [-0.1, -0.05) is 36.4 Å². The summed E-state index contributed by atoms with van der Waals surface area (Å²) in [5.74, 6) is -0.915. The van der Waals surface area contributed by atoms with Crippen LogP contribution in [0.15, 0.2) is 114 Å². The number of hydrogen-bond acceptors (Lipinski definition) is 5. The van der Waals surface area contributed by atoms with E-state index in [4.69, 9.17) is 0 Å². The molecule has 3 amide bonds. The molecule has 0 saturated heterocycles. The molecule has 4 rings (SSSR count). The Hall–Kier alpha value is -4.76. The van der Waals surface area contributed by atoms with Crippen molar-refractivity contribution in [3.8, 4) is 0 Å². The van der Waals surface area contributed by atoms with Gasteiger partial charge in [-0.15, -0.1) is 11.8 Å². The zero-order chi connectivity index (χ0) is 26.7. The number of carbonyl (C=O) groups is 3. The van der Waals surface area contributed by atoms with Crippen molar-refractivity contribution in [3.05, 3.63) is 126 Å². The van der Waals surface area contributed by atoms with E-state index < -0.39 is 17.6 Å². The second-order valence-electron chi connectivity index (χ2n) is 7.96. The van der Waals surface area contributed by atoms with Gasteiger partial charge in [-0.05, 0) is 72.3 Å². The first-order chi connectivity index (χ1) is 18.5. The van der Waals surface area contributed by atoms with E-state index in [0.717, 1.165) is 4.90 Å². The molecule has 0 bridgehead atoms. The fourth-order valence-corrected chi connectivity index (χ4v) is 3.96. The monoisotopic (exact) mass is 526 g/mol. The van der Waals surface area contributed by atoms with E-state index in [1.54, 1.807) is 79.0 Å². The van der Waals surface area contributed by atoms with E-state index in [-0.39, 0.29) is 17.4 Å². The first kappa shape index (κ1) is 26.3. The lowest BCUT2D eigenvalue weighted by Gasteiger charge is -2.12. The highest BCUT2D eigenvalue weighted by atomic mass is 32.2. The van der Waals surface area contributed by atoms with Crippen molar-refractivity contribution in [1.29, 1.82) is 0 Å². The van der Waals surface area contributed by atoms with Crippen molar-refractivity contribution in [2.24, 2.45) is 0 Å². The molecule has 0 aliphatic heterocycles. The highest BCUT2D eigenvalue weighted by Gasteiger charge is 2.15. The van der Waals surface area contributed by atoms with Gasteiger partial charge in [0.15, 0.2) is 0 Å². The minimum atomic E-state index is -0.547. The number of amides is 3. The van der Waals surface area contributed by atoms with Crippen molar-refractivity contribution in [3.63, 3.8) is 0 Å². The SMILES string of the molecule is O=C(CSc1ccc(NC(=O)/C(=C/c2ccc(F)cc2)NC(=O)c2ccccc2)cc1)Nc1ccccn1. The summed E-state index contributed by atoms with van der Waals surface area (Å²) in [4.78, 5) is 42.8. The molecule has 38 heavy (non-hydrogen) atoms. The molecule has 0 aliphatic rings. The maximum absolute atomic E-state index is 13.3. The summed E-state index contributed by atoms with van der Waals surface area (Å²) >= 11 is 1.34. The number of rotatable bonds is 9. The van der Waals surface area contributed by atoms with Gasteiger partial charge >= 0.3 is 0 Å². The molecule has 0 atom stereocenters. The number of anilines is 2. The highest BCUT2D eigenvalue weighted by molar-refractivity contribution is 8.00. The quantitative estimate of drug-likeness (QED) is 0.201. The molecular formula is C29H23FN4O3S. The molecule has 1 heterocycles. The number of aromatic nitrogens is 1. The van der Waals surface area contributed by atoms with Gasteiger partial charge in [0.05, 0.1) is 5.75 Å². The summed E-state index contributed by atoms with van der Waals surface area (Å²) in [5.41, 5.74) is 1.42. The molecule has 4 aromatic rings. The van der Waals surface area contributed by atoms with Crippen LogP contribution in [0.4, 0.5) is 15.9 Å². The zero-order valence-electron chi connectivity index (χ0n) is 20.1. The van der Waals surface area contributed by atoms with E-state index >= 15 is 0 Å². The lowest BCUT2D eigenvalue weighted by molar-refractivity contribution is -0.114. The number of nitrogens with zero attached hydrogens (tertiary/aromatic N) is 1. The van der Waals surface area contributed by atoms with Crippen LogP contribution < -0.4 is 16.0 Å². The van der Waals surface area contributed by atoms with Gasteiger partial charge in [0.1, 0.15) is 17.3 Å². The van der Waals surface area contributed by atoms with E-state index in [2.05, 4.69) is 20.9 Å². The number of thioether (sulfide) groups is 1. The summed E-state index contributed by atoms with van der Waals surface area (Å²) in [6.07, 6.45) is 3.07. The Morgan fingerprint density at radius 2 is 1.53 bits per heavy atom. The molecule has 3 aromatic carbocycles. The molecule has 9 heteroatoms. The Labute approximate surface area is 223 Å². The predicted octanol–water partition coefficient (Wildman–Crippen LogP) is 5.36. The van der Waals surface area contributed by atoms with Gasteiger partial charge in [-0.25, -0.2) is 9.37 Å². The first-order valence-electron chi connectivity index (χ1n) is 11.5. The van der Waals surface area contributed by atoms with Crippen LogP contribution in [0.25, 0.3) is 6.08 Å². The standard InChI is InChI=1S/C29H23FN4O3S/c30-22-11-9-20(10-12-22)18-25(33-28(36)21-6-2-1-3-7-21)29(37)32-23-13-15-24(16-14-23)38-19-27(35)34-26-8-4-5-17-31-26/h1-18H,19H2,(H,32,37)(H,33,36)(H,31,34,35)/b25-18-. The van der Waals surface area contributed by atoms with Crippen LogP contribution in [0.1, 0.15) is 15.9 Å². The average Bonchev–Trinajstić information content (AvgIpc) is 2.94. The third kappa shape index (κ3) is 7.87. The largest absolute Gasteiger partial charge is 0.321 e. The van der Waals surface area contributed by atoms with Crippen LogP contribution in [0.5, 0.6) is 0 Å². The predicted molar refractivity (Wildman–Crippen MR) is 147 cm³/mol. The third-order valence-corrected chi connectivity index (χ3v) is 6.14. The van der Waals surface area contributed by atoms with Crippen molar-refractivity contribution < 1.29 is 18.8 Å². The maximum atomic E-state index is 13.3. The summed E-state index contributed by atoms with van der Waals surface area (Å²) in [7, 11) is 0. The topological polar surface area (TPSA) is 100 Å². The number of pyridine rings is 1. The van der Waals surface area contributed by atoms with Crippen molar-refractivity contribution in [2.45, 2.75) is 4.90 Å². The molecule has 1 aromatic heterocycles. The van der Waals surface area contributed by atoms with Gasteiger partial charge < -0.3 is 16.0 Å². The van der Waals surface area contributed by atoms with E-state index in [1.807, 2.05) is 0 Å². The molecule has 0 radical (unpaired) electrons. The van der Waals surface area contributed by atoms with Crippen LogP contribution >= 0.6 is 11.8 Å². The number of nitrogens with one attached hydrogen (secondary N) is 3. The number of benzene rings is 3. The lowest BCUT2D eigenvalue weighted by Crippen LogP contribution is -2.30. The van der Waals surface area contributed by atoms with E-state index in [1.165, 1.54) is 42.1 Å². The summed E-state index contributed by atoms with van der Waals surface area (Å²) in [5, 5.41) is 8.13. The summed E-state index contributed by atoms with van der Waals surface area (Å²) < 4.78 is 13.3. The second-order valence-corrected chi connectivity index (χ2v) is 9.01. The smallest absolute Gasteiger partial charge is 0.272 e. The van der Waals surface area contributed by atoms with Gasteiger partial charge in [0.25, 0.3) is 11.8 Å². The van der Waals surface area contributed by atoms with Crippen LogP contribution in [-0.4, -0.2) is 28.5 Å². The average molecular weight is 527 g/mol. The Morgan fingerprint density at radius 1 is 0.816 bits per heavy atom. The van der Waals surface area contributed by atoms with Crippen molar-refractivity contribution in [1.82, 2.24) is 10.3 Å². The maximum Gasteiger partial charge on any atom is 0.272 e. The molecule has 7 nitrogen and oxygen atoms in total. The molecule has 0 unspecified atom stereocenters. The zero-order valence-corrected chi connectivity index (χ0v) is 20.9. The molecule has 3 N–H and O–H groups in total. The van der Waals surface area contributed by atoms with Crippen molar-refractivity contribution >= 4 is 47.1 Å². The summed E-state index contributed by atoms with van der Waals surface area (Å²) in [6.45, 7) is 0. The van der Waals surface area contributed by atoms with Crippen LogP contribution in [-0.2, 0) is 9.59 Å². The molecule has 190 valence electrons. The Bertz CT molecular complexity index is 1430. The highest BCUT2D eigenvalue weighted by Crippen LogP contribution is 2.21. The van der Waals surface area contributed by atoms with Gasteiger partial charge in [-0.3, -0.25) is 14.4 Å². The van der Waals surface area contributed by atoms with Gasteiger partial charge in [0.2, 0.25) is 5.91 Å². The summed E-state index contributed by atoms with van der Waals surface area (Å²) in [6, 6.07) is 26.3. The van der Waals surface area contributed by atoms with Crippen LogP contribution in [0, 0.1) is 5.82 Å². The first-order valence-corrected chi connectivity index (χ1v) is 12.5. The number of carbonyl (C=O) groups excluding carboxylic acids is 3. The lowest BCUT2D eigenvalue weighted by atomic mass is 10.1. The Balaban J connectivity index is 1.40. The molecule has 0 aliphatic carbocycles. The molecular weight excluding hydrogens is 503 g/mol. The minimum Gasteiger partial charge on any atom is -0.321 e. The Kier molecular flexibility index (Phi) is 8.98. The Morgan fingerprint density at radius 3 is 2.21 bits per heavy atom. The number of halogens is 1. The van der Waals surface area contributed by atoms with Gasteiger partial charge in [0, 0.05) is 22.3 Å². The van der Waals surface area contributed by atoms with E-state index in [9.17, 15) is 18.8 Å². The number of hydrogen-bond donors (Lipinski definition) is 3.